The van der Waals surface area contributed by atoms with E-state index in [1.807, 2.05) is 0 Å². The first-order valence-electron chi connectivity index (χ1n) is 6.31. The first-order valence-corrected chi connectivity index (χ1v) is 6.31. The minimum Gasteiger partial charge on any atom is -0.446 e. The minimum atomic E-state index is -0.671. The summed E-state index contributed by atoms with van der Waals surface area (Å²) < 4.78 is 5.47. The summed E-state index contributed by atoms with van der Waals surface area (Å²) in [7, 11) is 0. The van der Waals surface area contributed by atoms with Crippen LogP contribution in [0.25, 0.3) is 0 Å². The van der Waals surface area contributed by atoms with Crippen LogP contribution in [0.3, 0.4) is 0 Å². The highest BCUT2D eigenvalue weighted by atomic mass is 16.6. The van der Waals surface area contributed by atoms with Gasteiger partial charge in [0.1, 0.15) is 0 Å². The molecule has 1 aliphatic carbocycles. The van der Waals surface area contributed by atoms with Crippen molar-refractivity contribution in [1.29, 1.82) is 0 Å². The number of hydrogen-bond donors (Lipinski definition) is 0. The maximum absolute atomic E-state index is 11.2. The number of esters is 1. The van der Waals surface area contributed by atoms with Crippen molar-refractivity contribution in [2.24, 2.45) is 5.92 Å². The number of carbonyl (C=O) groups is 1. The maximum Gasteiger partial charge on any atom is 0.304 e. The predicted octanol–water partition coefficient (Wildman–Crippen LogP) is 3.47. The molecule has 0 heterocycles. The van der Waals surface area contributed by atoms with Crippen molar-refractivity contribution in [3.05, 3.63) is 11.6 Å². The van der Waals surface area contributed by atoms with E-state index in [0.717, 1.165) is 25.7 Å². The Morgan fingerprint density at radius 2 is 2.18 bits per heavy atom. The van der Waals surface area contributed by atoms with Crippen molar-refractivity contribution in [3.8, 4) is 12.3 Å². The fraction of sp³-hybridized carbons (Fsp3) is 0.667. The molecule has 17 heavy (non-hydrogen) atoms. The topological polar surface area (TPSA) is 26.3 Å². The van der Waals surface area contributed by atoms with Gasteiger partial charge in [0.2, 0.25) is 0 Å². The summed E-state index contributed by atoms with van der Waals surface area (Å²) in [6.45, 7) is 5.59. The molecule has 0 aromatic carbocycles. The van der Waals surface area contributed by atoms with Crippen LogP contribution < -0.4 is 0 Å². The van der Waals surface area contributed by atoms with E-state index in [-0.39, 0.29) is 11.9 Å². The molecule has 0 amide bonds. The van der Waals surface area contributed by atoms with E-state index >= 15 is 0 Å². The Morgan fingerprint density at radius 1 is 1.47 bits per heavy atom. The monoisotopic (exact) mass is 234 g/mol. The Bertz CT molecular complexity index is 344. The molecule has 94 valence electrons. The third kappa shape index (κ3) is 3.63. The summed E-state index contributed by atoms with van der Waals surface area (Å²) in [5.41, 5.74) is 0.611. The molecule has 0 spiro atoms. The van der Waals surface area contributed by atoms with Crippen LogP contribution in [0, 0.1) is 18.3 Å². The molecule has 1 rings (SSSR count). The normalized spacial score (nSPS) is 28.0. The second-order valence-electron chi connectivity index (χ2n) is 5.09. The minimum absolute atomic E-state index is 0.264. The van der Waals surface area contributed by atoms with Gasteiger partial charge in [0, 0.05) is 12.8 Å². The summed E-state index contributed by atoms with van der Waals surface area (Å²) in [5, 5.41) is 0. The van der Waals surface area contributed by atoms with Crippen LogP contribution in [0.2, 0.25) is 0 Å². The average molecular weight is 234 g/mol. The summed E-state index contributed by atoms with van der Waals surface area (Å²) in [6.07, 6.45) is 12.8. The van der Waals surface area contributed by atoms with E-state index < -0.39 is 5.60 Å². The van der Waals surface area contributed by atoms with E-state index in [1.165, 1.54) is 18.9 Å². The van der Waals surface area contributed by atoms with Crippen molar-refractivity contribution >= 4 is 5.97 Å². The molecule has 2 heteroatoms. The van der Waals surface area contributed by atoms with Crippen molar-refractivity contribution in [1.82, 2.24) is 0 Å². The summed E-state index contributed by atoms with van der Waals surface area (Å²) >= 11 is 0. The third-order valence-corrected chi connectivity index (χ3v) is 3.39. The molecule has 0 aromatic rings. The van der Waals surface area contributed by atoms with E-state index in [2.05, 4.69) is 25.8 Å². The molecular formula is C15H22O2. The molecule has 0 bridgehead atoms. The van der Waals surface area contributed by atoms with Crippen LogP contribution in [0.15, 0.2) is 11.6 Å². The maximum atomic E-state index is 11.2. The Labute approximate surface area is 104 Å². The van der Waals surface area contributed by atoms with Gasteiger partial charge in [0.25, 0.3) is 0 Å². The van der Waals surface area contributed by atoms with E-state index in [4.69, 9.17) is 11.2 Å². The standard InChI is InChI=1S/C15H22O2/c1-5-15(17-13(4)16)11-7-6-8-14(15)10-9-12(2)3/h1,9,14H,6-8,10-11H2,2-4H3/t14-,15-/m1/s1. The number of ether oxygens (including phenoxy) is 1. The smallest absolute Gasteiger partial charge is 0.304 e. The Hall–Kier alpha value is -1.23. The van der Waals surface area contributed by atoms with Gasteiger partial charge < -0.3 is 4.74 Å². The van der Waals surface area contributed by atoms with Crippen LogP contribution in [0.5, 0.6) is 0 Å². The van der Waals surface area contributed by atoms with Crippen LogP contribution >= 0.6 is 0 Å². The molecule has 0 saturated heterocycles. The molecule has 1 saturated carbocycles. The molecule has 0 radical (unpaired) electrons. The molecule has 0 aliphatic heterocycles. The summed E-state index contributed by atoms with van der Waals surface area (Å²) in [6, 6.07) is 0. The van der Waals surface area contributed by atoms with Crippen LogP contribution in [0.4, 0.5) is 0 Å². The van der Waals surface area contributed by atoms with Crippen molar-refractivity contribution in [2.75, 3.05) is 0 Å². The Morgan fingerprint density at radius 3 is 2.71 bits per heavy atom. The summed E-state index contributed by atoms with van der Waals surface area (Å²) in [4.78, 5) is 11.2. The van der Waals surface area contributed by atoms with Gasteiger partial charge in [0.05, 0.1) is 0 Å². The van der Waals surface area contributed by atoms with Gasteiger partial charge in [-0.2, -0.15) is 0 Å². The van der Waals surface area contributed by atoms with Crippen LogP contribution in [-0.2, 0) is 9.53 Å². The number of hydrogen-bond acceptors (Lipinski definition) is 2. The van der Waals surface area contributed by atoms with Gasteiger partial charge in [-0.25, -0.2) is 0 Å². The quantitative estimate of drug-likeness (QED) is 0.424. The highest BCUT2D eigenvalue weighted by Crippen LogP contribution is 2.39. The van der Waals surface area contributed by atoms with E-state index in [9.17, 15) is 4.79 Å². The zero-order valence-electron chi connectivity index (χ0n) is 11.1. The van der Waals surface area contributed by atoms with Crippen molar-refractivity contribution < 1.29 is 9.53 Å². The lowest BCUT2D eigenvalue weighted by Crippen LogP contribution is -2.43. The molecule has 2 atom stereocenters. The number of allylic oxidation sites excluding steroid dienone is 2. The molecule has 1 aliphatic rings. The van der Waals surface area contributed by atoms with Crippen molar-refractivity contribution in [3.63, 3.8) is 0 Å². The second-order valence-corrected chi connectivity index (χ2v) is 5.09. The van der Waals surface area contributed by atoms with E-state index in [1.54, 1.807) is 0 Å². The number of rotatable bonds is 3. The van der Waals surface area contributed by atoms with E-state index in [0.29, 0.717) is 0 Å². The zero-order valence-corrected chi connectivity index (χ0v) is 11.1. The molecule has 1 fully saturated rings. The highest BCUT2D eigenvalue weighted by Gasteiger charge is 2.41. The van der Waals surface area contributed by atoms with Gasteiger partial charge in [0.15, 0.2) is 5.60 Å². The second kappa shape index (κ2) is 5.91. The van der Waals surface area contributed by atoms with Crippen LogP contribution in [0.1, 0.15) is 52.9 Å². The molecular weight excluding hydrogens is 212 g/mol. The van der Waals surface area contributed by atoms with Gasteiger partial charge in [-0.05, 0) is 39.5 Å². The Kier molecular flexibility index (Phi) is 4.81. The number of terminal acetylenes is 1. The first-order chi connectivity index (χ1) is 8.00. The van der Waals surface area contributed by atoms with Crippen LogP contribution in [-0.4, -0.2) is 11.6 Å². The number of carbonyl (C=O) groups excluding carboxylic acids is 1. The average Bonchev–Trinajstić information content (AvgIpc) is 2.26. The predicted molar refractivity (Wildman–Crippen MR) is 69.3 cm³/mol. The largest absolute Gasteiger partial charge is 0.446 e. The lowest BCUT2D eigenvalue weighted by Gasteiger charge is -2.39. The summed E-state index contributed by atoms with van der Waals surface area (Å²) in [5.74, 6) is 2.74. The Balaban J connectivity index is 2.85. The van der Waals surface area contributed by atoms with Gasteiger partial charge in [-0.1, -0.05) is 24.0 Å². The molecule has 0 aromatic heterocycles. The van der Waals surface area contributed by atoms with Gasteiger partial charge in [-0.3, -0.25) is 4.79 Å². The third-order valence-electron chi connectivity index (χ3n) is 3.39. The lowest BCUT2D eigenvalue weighted by molar-refractivity contribution is -0.158. The zero-order chi connectivity index (χ0) is 12.9. The molecule has 0 unspecified atom stereocenters. The van der Waals surface area contributed by atoms with Gasteiger partial charge >= 0.3 is 5.97 Å². The fourth-order valence-electron chi connectivity index (χ4n) is 2.51. The molecule has 2 nitrogen and oxygen atoms in total. The SMILES string of the molecule is C#C[C@@]1(OC(C)=O)CCCC[C@@H]1CC=C(C)C. The van der Waals surface area contributed by atoms with Gasteiger partial charge in [-0.15, -0.1) is 6.42 Å². The first kappa shape index (κ1) is 13.8. The highest BCUT2D eigenvalue weighted by molar-refractivity contribution is 5.67. The fourth-order valence-corrected chi connectivity index (χ4v) is 2.51. The molecule has 0 N–H and O–H groups in total. The van der Waals surface area contributed by atoms with Crippen molar-refractivity contribution in [2.45, 2.75) is 58.5 Å². The lowest BCUT2D eigenvalue weighted by atomic mass is 9.74.